The molecule has 40 valence electrons. The lowest BCUT2D eigenvalue weighted by atomic mass is 10.0. The van der Waals surface area contributed by atoms with Crippen molar-refractivity contribution in [3.05, 3.63) is 11.8 Å². The fourth-order valence-corrected chi connectivity index (χ4v) is 0.731. The highest BCUT2D eigenvalue weighted by Gasteiger charge is 1.99. The van der Waals surface area contributed by atoms with E-state index in [1.807, 2.05) is 6.92 Å². The van der Waals surface area contributed by atoms with E-state index in [-0.39, 0.29) is 0 Å². The summed E-state index contributed by atoms with van der Waals surface area (Å²) in [5.41, 5.74) is 2.20. The zero-order valence-corrected chi connectivity index (χ0v) is 5.02. The Morgan fingerprint density at radius 2 is 2.62 bits per heavy atom. The zero-order chi connectivity index (χ0) is 5.98. The maximum absolute atomic E-state index is 5.32. The minimum absolute atomic E-state index is 0.581. The molecule has 0 aliphatic carbocycles. The summed E-state index contributed by atoms with van der Waals surface area (Å²) in [5, 5.41) is 0. The topological polar surface area (TPSA) is 12.4 Å². The van der Waals surface area contributed by atoms with E-state index < -0.39 is 0 Å². The van der Waals surface area contributed by atoms with Crippen molar-refractivity contribution in [2.45, 2.75) is 19.7 Å². The summed E-state index contributed by atoms with van der Waals surface area (Å²) in [6.07, 6.45) is 3.64. The van der Waals surface area contributed by atoms with Crippen LogP contribution in [-0.2, 0) is 0 Å². The van der Waals surface area contributed by atoms with Gasteiger partial charge >= 0.3 is 0 Å². The van der Waals surface area contributed by atoms with Crippen LogP contribution in [0.1, 0.15) is 13.3 Å². The zero-order valence-electron chi connectivity index (χ0n) is 5.02. The predicted molar refractivity (Wildman–Crippen MR) is 36.4 cm³/mol. The molecule has 0 N–H and O–H groups in total. The normalized spacial score (nSPS) is 18.1. The van der Waals surface area contributed by atoms with Gasteiger partial charge in [-0.15, -0.1) is 0 Å². The average Bonchev–Trinajstić information content (AvgIpc) is 2.14. The fraction of sp³-hybridized carbons (Fsp3) is 0.500. The molecule has 1 heterocycles. The van der Waals surface area contributed by atoms with Crippen LogP contribution in [0.5, 0.6) is 0 Å². The van der Waals surface area contributed by atoms with Gasteiger partial charge in [0, 0.05) is 17.8 Å². The van der Waals surface area contributed by atoms with Gasteiger partial charge in [0.25, 0.3) is 0 Å². The van der Waals surface area contributed by atoms with Crippen LogP contribution in [0, 0.1) is 0 Å². The summed E-state index contributed by atoms with van der Waals surface area (Å²) in [7, 11) is 5.32. The van der Waals surface area contributed by atoms with Crippen molar-refractivity contribution >= 4 is 13.6 Å². The van der Waals surface area contributed by atoms with Gasteiger partial charge < -0.3 is 0 Å². The average molecular weight is 105 g/mol. The van der Waals surface area contributed by atoms with E-state index in [9.17, 15) is 0 Å². The van der Waals surface area contributed by atoms with E-state index in [0.29, 0.717) is 6.32 Å². The SMILES string of the molecule is [B]CC1=CCC(C)=N1. The van der Waals surface area contributed by atoms with Crippen molar-refractivity contribution in [3.8, 4) is 0 Å². The molecule has 0 saturated carbocycles. The molecule has 1 aliphatic heterocycles. The molecule has 0 aromatic rings. The first-order valence-corrected chi connectivity index (χ1v) is 2.76. The summed E-state index contributed by atoms with van der Waals surface area (Å²) < 4.78 is 0. The molecule has 1 nitrogen and oxygen atoms in total. The van der Waals surface area contributed by atoms with Gasteiger partial charge in [-0.2, -0.15) is 0 Å². The van der Waals surface area contributed by atoms with Crippen LogP contribution >= 0.6 is 0 Å². The van der Waals surface area contributed by atoms with Crippen molar-refractivity contribution in [2.24, 2.45) is 4.99 Å². The highest BCUT2D eigenvalue weighted by molar-refractivity contribution is 6.10. The maximum Gasteiger partial charge on any atom is 0.0737 e. The highest BCUT2D eigenvalue weighted by atomic mass is 14.8. The number of nitrogens with zero attached hydrogens (tertiary/aromatic N) is 1. The molecule has 1 rings (SSSR count). The Morgan fingerprint density at radius 3 is 2.88 bits per heavy atom. The summed E-state index contributed by atoms with van der Waals surface area (Å²) in [6, 6.07) is 0. The highest BCUT2D eigenvalue weighted by Crippen LogP contribution is 2.11. The van der Waals surface area contributed by atoms with E-state index in [1.165, 1.54) is 5.71 Å². The lowest BCUT2D eigenvalue weighted by molar-refractivity contribution is 1.32. The Kier molecular flexibility index (Phi) is 1.52. The molecule has 0 aromatic carbocycles. The van der Waals surface area contributed by atoms with E-state index in [1.54, 1.807) is 0 Å². The van der Waals surface area contributed by atoms with Gasteiger partial charge in [-0.05, 0) is 13.2 Å². The number of hydrogen-bond donors (Lipinski definition) is 0. The van der Waals surface area contributed by atoms with Crippen molar-refractivity contribution in [1.29, 1.82) is 0 Å². The van der Waals surface area contributed by atoms with E-state index in [4.69, 9.17) is 7.85 Å². The molecule has 2 heteroatoms. The lowest BCUT2D eigenvalue weighted by Crippen LogP contribution is -1.79. The Hall–Kier alpha value is -0.525. The number of allylic oxidation sites excluding steroid dienone is 2. The van der Waals surface area contributed by atoms with Gasteiger partial charge in [-0.3, -0.25) is 4.99 Å². The predicted octanol–water partition coefficient (Wildman–Crippen LogP) is 1.32. The van der Waals surface area contributed by atoms with E-state index >= 15 is 0 Å². The Bertz CT molecular complexity index is 147. The molecule has 0 saturated heterocycles. The molecule has 0 atom stereocenters. The van der Waals surface area contributed by atoms with Crippen LogP contribution in [0.15, 0.2) is 16.8 Å². The second-order valence-corrected chi connectivity index (χ2v) is 1.95. The third kappa shape index (κ3) is 0.999. The Morgan fingerprint density at radius 1 is 1.88 bits per heavy atom. The van der Waals surface area contributed by atoms with Crippen molar-refractivity contribution in [3.63, 3.8) is 0 Å². The molecule has 0 aromatic heterocycles. The van der Waals surface area contributed by atoms with E-state index in [2.05, 4.69) is 11.1 Å². The molecule has 0 spiro atoms. The van der Waals surface area contributed by atoms with E-state index in [0.717, 1.165) is 12.1 Å². The summed E-state index contributed by atoms with van der Waals surface area (Å²) in [4.78, 5) is 4.16. The van der Waals surface area contributed by atoms with Crippen molar-refractivity contribution < 1.29 is 0 Å². The second kappa shape index (κ2) is 2.16. The quantitative estimate of drug-likeness (QED) is 0.446. The van der Waals surface area contributed by atoms with Crippen LogP contribution in [0.3, 0.4) is 0 Å². The fourth-order valence-electron chi connectivity index (χ4n) is 0.731. The van der Waals surface area contributed by atoms with Gasteiger partial charge in [-0.1, -0.05) is 6.08 Å². The minimum Gasteiger partial charge on any atom is -0.263 e. The summed E-state index contributed by atoms with van der Waals surface area (Å²) in [6.45, 7) is 2.01. The monoisotopic (exact) mass is 105 g/mol. The Balaban J connectivity index is 2.58. The van der Waals surface area contributed by atoms with Gasteiger partial charge in [0.2, 0.25) is 0 Å². The summed E-state index contributed by atoms with van der Waals surface area (Å²) in [5.74, 6) is 0. The molecule has 0 bridgehead atoms. The molecule has 1 aliphatic rings. The summed E-state index contributed by atoms with van der Waals surface area (Å²) >= 11 is 0. The first-order valence-electron chi connectivity index (χ1n) is 2.76. The van der Waals surface area contributed by atoms with Crippen LogP contribution < -0.4 is 0 Å². The van der Waals surface area contributed by atoms with Crippen molar-refractivity contribution in [2.75, 3.05) is 0 Å². The first-order chi connectivity index (χ1) is 3.83. The molecule has 0 amide bonds. The number of rotatable bonds is 1. The molecular weight excluding hydrogens is 96.9 g/mol. The second-order valence-electron chi connectivity index (χ2n) is 1.95. The molecular formula is C6H8BN. The standard InChI is InChI=1S/C6H8BN/c1-5-2-3-6(4-7)8-5/h3H,2,4H2,1H3. The van der Waals surface area contributed by atoms with Crippen LogP contribution in [0.2, 0.25) is 6.32 Å². The van der Waals surface area contributed by atoms with Gasteiger partial charge in [-0.25, -0.2) is 0 Å². The maximum atomic E-state index is 5.32. The van der Waals surface area contributed by atoms with Crippen molar-refractivity contribution in [1.82, 2.24) is 0 Å². The van der Waals surface area contributed by atoms with Crippen LogP contribution in [-0.4, -0.2) is 13.6 Å². The van der Waals surface area contributed by atoms with Crippen LogP contribution in [0.25, 0.3) is 0 Å². The van der Waals surface area contributed by atoms with Crippen LogP contribution in [0.4, 0.5) is 0 Å². The molecule has 0 unspecified atom stereocenters. The molecule has 8 heavy (non-hydrogen) atoms. The number of aliphatic imine (C=N–C) groups is 1. The molecule has 2 radical (unpaired) electrons. The third-order valence-corrected chi connectivity index (χ3v) is 1.18. The minimum atomic E-state index is 0.581. The Labute approximate surface area is 50.9 Å². The number of hydrogen-bond acceptors (Lipinski definition) is 1. The smallest absolute Gasteiger partial charge is 0.0737 e. The van der Waals surface area contributed by atoms with Gasteiger partial charge in [0.1, 0.15) is 0 Å². The van der Waals surface area contributed by atoms with Gasteiger partial charge in [0.15, 0.2) is 0 Å². The first kappa shape index (κ1) is 5.61. The molecule has 0 fully saturated rings. The lowest BCUT2D eigenvalue weighted by Gasteiger charge is -1.85. The van der Waals surface area contributed by atoms with Gasteiger partial charge in [0.05, 0.1) is 7.85 Å². The largest absolute Gasteiger partial charge is 0.263 e. The third-order valence-electron chi connectivity index (χ3n) is 1.18.